The highest BCUT2D eigenvalue weighted by atomic mass is 16.3. The third kappa shape index (κ3) is 1.68. The normalized spacial score (nSPS) is 30.1. The van der Waals surface area contributed by atoms with Gasteiger partial charge in [0.15, 0.2) is 0 Å². The van der Waals surface area contributed by atoms with Crippen molar-refractivity contribution in [1.82, 2.24) is 5.32 Å². The molecule has 2 heteroatoms. The van der Waals surface area contributed by atoms with Crippen LogP contribution in [-0.4, -0.2) is 18.2 Å². The maximum absolute atomic E-state index is 10.8. The maximum atomic E-state index is 10.8. The second kappa shape index (κ2) is 3.62. The summed E-state index contributed by atoms with van der Waals surface area (Å²) < 4.78 is 0. The van der Waals surface area contributed by atoms with Crippen LogP contribution in [0.15, 0.2) is 30.3 Å². The van der Waals surface area contributed by atoms with E-state index in [1.165, 1.54) is 0 Å². The van der Waals surface area contributed by atoms with Crippen LogP contribution in [0, 0.1) is 5.41 Å². The Morgan fingerprint density at radius 2 is 1.87 bits per heavy atom. The standard InChI is InChI=1S/C13H19NO/c1-12(2)10-14-9-8-13(12,15)11-6-4-3-5-7-11/h3-7,14-15H,8-10H2,1-2H3/t13-/m0/s1. The molecule has 0 radical (unpaired) electrons. The van der Waals surface area contributed by atoms with E-state index in [4.69, 9.17) is 0 Å². The van der Waals surface area contributed by atoms with Crippen LogP contribution in [0.5, 0.6) is 0 Å². The third-order valence-corrected chi connectivity index (χ3v) is 3.60. The molecule has 82 valence electrons. The largest absolute Gasteiger partial charge is 0.385 e. The summed E-state index contributed by atoms with van der Waals surface area (Å²) in [5.74, 6) is 0. The van der Waals surface area contributed by atoms with Gasteiger partial charge in [0.1, 0.15) is 0 Å². The fourth-order valence-corrected chi connectivity index (χ4v) is 2.40. The van der Waals surface area contributed by atoms with E-state index >= 15 is 0 Å². The van der Waals surface area contributed by atoms with Crippen molar-refractivity contribution in [1.29, 1.82) is 0 Å². The number of rotatable bonds is 1. The lowest BCUT2D eigenvalue weighted by atomic mass is 9.67. The number of hydrogen-bond donors (Lipinski definition) is 2. The van der Waals surface area contributed by atoms with Crippen LogP contribution in [-0.2, 0) is 5.60 Å². The van der Waals surface area contributed by atoms with Crippen molar-refractivity contribution in [3.63, 3.8) is 0 Å². The van der Waals surface area contributed by atoms with Gasteiger partial charge in [-0.1, -0.05) is 44.2 Å². The van der Waals surface area contributed by atoms with Crippen LogP contribution in [0.1, 0.15) is 25.8 Å². The third-order valence-electron chi connectivity index (χ3n) is 3.60. The van der Waals surface area contributed by atoms with Gasteiger partial charge in [0.05, 0.1) is 5.60 Å². The van der Waals surface area contributed by atoms with Crippen LogP contribution < -0.4 is 5.32 Å². The molecule has 0 unspecified atom stereocenters. The Kier molecular flexibility index (Phi) is 2.57. The average Bonchev–Trinajstić information content (AvgIpc) is 2.24. The van der Waals surface area contributed by atoms with Crippen LogP contribution in [0.2, 0.25) is 0 Å². The zero-order valence-corrected chi connectivity index (χ0v) is 9.46. The molecule has 1 aliphatic heterocycles. The smallest absolute Gasteiger partial charge is 0.0971 e. The van der Waals surface area contributed by atoms with Gasteiger partial charge in [-0.15, -0.1) is 0 Å². The molecule has 1 aromatic rings. The maximum Gasteiger partial charge on any atom is 0.0971 e. The molecule has 2 N–H and O–H groups in total. The van der Waals surface area contributed by atoms with Crippen molar-refractivity contribution in [2.75, 3.05) is 13.1 Å². The minimum Gasteiger partial charge on any atom is -0.385 e. The molecular weight excluding hydrogens is 186 g/mol. The molecule has 0 aromatic heterocycles. The van der Waals surface area contributed by atoms with E-state index in [0.29, 0.717) is 0 Å². The molecule has 2 rings (SSSR count). The second-order valence-electron chi connectivity index (χ2n) is 5.04. The number of nitrogens with one attached hydrogen (secondary N) is 1. The summed E-state index contributed by atoms with van der Waals surface area (Å²) in [6, 6.07) is 10.0. The first kappa shape index (κ1) is 10.7. The highest BCUT2D eigenvalue weighted by molar-refractivity contribution is 5.26. The van der Waals surface area contributed by atoms with E-state index in [0.717, 1.165) is 25.1 Å². The van der Waals surface area contributed by atoms with E-state index in [-0.39, 0.29) is 5.41 Å². The Bertz CT molecular complexity index is 334. The molecule has 2 nitrogen and oxygen atoms in total. The predicted molar refractivity (Wildman–Crippen MR) is 61.6 cm³/mol. The average molecular weight is 205 g/mol. The summed E-state index contributed by atoms with van der Waals surface area (Å²) in [7, 11) is 0. The topological polar surface area (TPSA) is 32.3 Å². The highest BCUT2D eigenvalue weighted by Crippen LogP contribution is 2.43. The van der Waals surface area contributed by atoms with Crippen molar-refractivity contribution >= 4 is 0 Å². The first-order chi connectivity index (χ1) is 7.06. The van der Waals surface area contributed by atoms with E-state index in [9.17, 15) is 5.11 Å². The Hall–Kier alpha value is -0.860. The molecule has 0 spiro atoms. The monoisotopic (exact) mass is 205 g/mol. The van der Waals surface area contributed by atoms with Gasteiger partial charge in [0, 0.05) is 12.0 Å². The first-order valence-electron chi connectivity index (χ1n) is 5.55. The van der Waals surface area contributed by atoms with Crippen molar-refractivity contribution < 1.29 is 5.11 Å². The lowest BCUT2D eigenvalue weighted by Gasteiger charge is -2.47. The summed E-state index contributed by atoms with van der Waals surface area (Å²) in [5.41, 5.74) is 0.225. The van der Waals surface area contributed by atoms with Crippen LogP contribution >= 0.6 is 0 Å². The van der Waals surface area contributed by atoms with Gasteiger partial charge in [0.25, 0.3) is 0 Å². The zero-order chi connectivity index (χ0) is 10.9. The molecule has 1 saturated heterocycles. The fourth-order valence-electron chi connectivity index (χ4n) is 2.40. The van der Waals surface area contributed by atoms with Crippen LogP contribution in [0.4, 0.5) is 0 Å². The summed E-state index contributed by atoms with van der Waals surface area (Å²) in [4.78, 5) is 0. The Morgan fingerprint density at radius 1 is 1.20 bits per heavy atom. The molecule has 1 aliphatic rings. The molecule has 0 amide bonds. The van der Waals surface area contributed by atoms with E-state index < -0.39 is 5.60 Å². The van der Waals surface area contributed by atoms with Crippen molar-refractivity contribution in [3.05, 3.63) is 35.9 Å². The van der Waals surface area contributed by atoms with E-state index in [2.05, 4.69) is 19.2 Å². The Morgan fingerprint density at radius 3 is 2.47 bits per heavy atom. The number of piperidine rings is 1. The molecule has 15 heavy (non-hydrogen) atoms. The van der Waals surface area contributed by atoms with E-state index in [1.54, 1.807) is 0 Å². The van der Waals surface area contributed by atoms with Crippen LogP contribution in [0.3, 0.4) is 0 Å². The summed E-state index contributed by atoms with van der Waals surface area (Å²) in [6.45, 7) is 5.98. The summed E-state index contributed by atoms with van der Waals surface area (Å²) in [5, 5.41) is 14.2. The van der Waals surface area contributed by atoms with Crippen LogP contribution in [0.25, 0.3) is 0 Å². The SMILES string of the molecule is CC1(C)CNCC[C@]1(O)c1ccccc1. The Balaban J connectivity index is 2.40. The molecule has 1 aromatic carbocycles. The molecule has 0 aliphatic carbocycles. The van der Waals surface area contributed by atoms with E-state index in [1.807, 2.05) is 30.3 Å². The van der Waals surface area contributed by atoms with Gasteiger partial charge in [-0.25, -0.2) is 0 Å². The van der Waals surface area contributed by atoms with Crippen molar-refractivity contribution in [2.24, 2.45) is 5.41 Å². The highest BCUT2D eigenvalue weighted by Gasteiger charge is 2.46. The minimum atomic E-state index is -0.695. The Labute approximate surface area is 91.3 Å². The van der Waals surface area contributed by atoms with Crippen molar-refractivity contribution in [3.8, 4) is 0 Å². The molecule has 1 heterocycles. The number of benzene rings is 1. The quantitative estimate of drug-likeness (QED) is 0.734. The van der Waals surface area contributed by atoms with Gasteiger partial charge >= 0.3 is 0 Å². The summed E-state index contributed by atoms with van der Waals surface area (Å²) >= 11 is 0. The lowest BCUT2D eigenvalue weighted by molar-refractivity contribution is -0.0944. The zero-order valence-electron chi connectivity index (χ0n) is 9.46. The molecule has 1 atom stereocenters. The van der Waals surface area contributed by atoms with Gasteiger partial charge in [-0.2, -0.15) is 0 Å². The summed E-state index contributed by atoms with van der Waals surface area (Å²) in [6.07, 6.45) is 0.782. The molecular formula is C13H19NO. The minimum absolute atomic E-state index is 0.118. The number of hydrogen-bond acceptors (Lipinski definition) is 2. The lowest BCUT2D eigenvalue weighted by Crippen LogP contribution is -2.53. The predicted octanol–water partition coefficient (Wildman–Crippen LogP) is 1.89. The second-order valence-corrected chi connectivity index (χ2v) is 5.04. The van der Waals surface area contributed by atoms with Gasteiger partial charge in [-0.3, -0.25) is 0 Å². The fraction of sp³-hybridized carbons (Fsp3) is 0.538. The number of aliphatic hydroxyl groups is 1. The van der Waals surface area contributed by atoms with Gasteiger partial charge in [0.2, 0.25) is 0 Å². The molecule has 1 fully saturated rings. The van der Waals surface area contributed by atoms with Crippen molar-refractivity contribution in [2.45, 2.75) is 25.9 Å². The first-order valence-corrected chi connectivity index (χ1v) is 5.55. The van der Waals surface area contributed by atoms with Gasteiger partial charge < -0.3 is 10.4 Å². The molecule has 0 bridgehead atoms. The van der Waals surface area contributed by atoms with Gasteiger partial charge in [-0.05, 0) is 18.5 Å². The molecule has 0 saturated carbocycles.